The van der Waals surface area contributed by atoms with Crippen molar-refractivity contribution in [3.05, 3.63) is 0 Å². The second kappa shape index (κ2) is 8.16. The van der Waals surface area contributed by atoms with Crippen molar-refractivity contribution < 1.29 is 9.53 Å². The molecule has 0 aromatic heterocycles. The van der Waals surface area contributed by atoms with Gasteiger partial charge in [0.1, 0.15) is 0 Å². The number of hydrogen-bond acceptors (Lipinski definition) is 3. The molecule has 5 nitrogen and oxygen atoms in total. The van der Waals surface area contributed by atoms with Gasteiger partial charge in [-0.15, -0.1) is 0 Å². The van der Waals surface area contributed by atoms with E-state index in [0.717, 1.165) is 51.9 Å². The first kappa shape index (κ1) is 16.1. The van der Waals surface area contributed by atoms with Crippen molar-refractivity contribution in [1.29, 1.82) is 0 Å². The fourth-order valence-electron chi connectivity index (χ4n) is 3.62. The Bertz CT molecular complexity index is 348. The molecule has 0 aromatic carbocycles. The van der Waals surface area contributed by atoms with Gasteiger partial charge in [-0.1, -0.05) is 19.3 Å². The quantitative estimate of drug-likeness (QED) is 0.817. The summed E-state index contributed by atoms with van der Waals surface area (Å²) in [4.78, 5) is 17.2. The van der Waals surface area contributed by atoms with Crippen LogP contribution in [0.1, 0.15) is 44.9 Å². The van der Waals surface area contributed by atoms with E-state index in [1.54, 1.807) is 0 Å². The number of amides is 2. The molecule has 126 valence electrons. The number of ether oxygens (including phenoxy) is 1. The summed E-state index contributed by atoms with van der Waals surface area (Å²) >= 11 is 0. The number of rotatable bonds is 6. The van der Waals surface area contributed by atoms with Crippen LogP contribution in [-0.2, 0) is 4.74 Å². The molecule has 3 rings (SSSR count). The Labute approximate surface area is 134 Å². The van der Waals surface area contributed by atoms with Gasteiger partial charge < -0.3 is 15.0 Å². The first-order valence-corrected chi connectivity index (χ1v) is 9.17. The minimum atomic E-state index is 0.173. The number of carbonyl (C=O) groups is 1. The number of nitrogens with zero attached hydrogens (tertiary/aromatic N) is 2. The molecule has 1 heterocycles. The van der Waals surface area contributed by atoms with Gasteiger partial charge in [0.25, 0.3) is 0 Å². The van der Waals surface area contributed by atoms with Crippen LogP contribution in [-0.4, -0.2) is 67.8 Å². The molecule has 1 saturated heterocycles. The maximum Gasteiger partial charge on any atom is 0.317 e. The lowest BCUT2D eigenvalue weighted by atomic mass is 9.94. The van der Waals surface area contributed by atoms with Gasteiger partial charge in [0, 0.05) is 38.8 Å². The first-order valence-electron chi connectivity index (χ1n) is 9.17. The molecule has 2 amide bonds. The Morgan fingerprint density at radius 3 is 2.50 bits per heavy atom. The highest BCUT2D eigenvalue weighted by atomic mass is 16.5. The highest BCUT2D eigenvalue weighted by Gasteiger charge is 2.31. The van der Waals surface area contributed by atoms with Crippen LogP contribution >= 0.6 is 0 Å². The highest BCUT2D eigenvalue weighted by Crippen LogP contribution is 2.32. The third-order valence-corrected chi connectivity index (χ3v) is 5.24. The van der Waals surface area contributed by atoms with Gasteiger partial charge in [-0.25, -0.2) is 4.79 Å². The molecule has 0 aromatic rings. The summed E-state index contributed by atoms with van der Waals surface area (Å²) < 4.78 is 5.36. The minimum Gasteiger partial charge on any atom is -0.379 e. The van der Waals surface area contributed by atoms with E-state index in [9.17, 15) is 4.79 Å². The molecule has 22 heavy (non-hydrogen) atoms. The lowest BCUT2D eigenvalue weighted by Gasteiger charge is -2.35. The number of carbonyl (C=O) groups excluding carboxylic acids is 1. The third kappa shape index (κ3) is 4.85. The molecular weight excluding hydrogens is 278 g/mol. The summed E-state index contributed by atoms with van der Waals surface area (Å²) in [5.74, 6) is 0.770. The van der Waals surface area contributed by atoms with Crippen molar-refractivity contribution in [2.24, 2.45) is 5.92 Å². The van der Waals surface area contributed by atoms with E-state index < -0.39 is 0 Å². The Balaban J connectivity index is 1.43. The molecular formula is C17H31N3O2. The molecule has 5 heteroatoms. The maximum atomic E-state index is 12.6. The molecule has 3 aliphatic rings. The van der Waals surface area contributed by atoms with Crippen molar-refractivity contribution in [3.8, 4) is 0 Å². The number of hydrogen-bond donors (Lipinski definition) is 1. The van der Waals surface area contributed by atoms with Crippen molar-refractivity contribution >= 4 is 6.03 Å². The van der Waals surface area contributed by atoms with Crippen LogP contribution in [0.15, 0.2) is 0 Å². The van der Waals surface area contributed by atoms with Crippen LogP contribution in [0.4, 0.5) is 4.79 Å². The van der Waals surface area contributed by atoms with E-state index in [2.05, 4.69) is 15.1 Å². The van der Waals surface area contributed by atoms with E-state index in [4.69, 9.17) is 4.74 Å². The van der Waals surface area contributed by atoms with E-state index in [0.29, 0.717) is 6.04 Å². The molecule has 0 spiro atoms. The maximum absolute atomic E-state index is 12.6. The Kier molecular flexibility index (Phi) is 5.96. The van der Waals surface area contributed by atoms with Gasteiger partial charge in [0.2, 0.25) is 0 Å². The first-order chi connectivity index (χ1) is 10.8. The summed E-state index contributed by atoms with van der Waals surface area (Å²) in [5, 5.41) is 3.16. The third-order valence-electron chi connectivity index (χ3n) is 5.24. The second-order valence-electron chi connectivity index (χ2n) is 7.07. The summed E-state index contributed by atoms with van der Waals surface area (Å²) in [7, 11) is 0. The van der Waals surface area contributed by atoms with Gasteiger partial charge in [0.15, 0.2) is 0 Å². The van der Waals surface area contributed by atoms with Crippen LogP contribution in [0.2, 0.25) is 0 Å². The van der Waals surface area contributed by atoms with Crippen molar-refractivity contribution in [3.63, 3.8) is 0 Å². The highest BCUT2D eigenvalue weighted by molar-refractivity contribution is 5.74. The van der Waals surface area contributed by atoms with E-state index in [1.807, 2.05) is 0 Å². The van der Waals surface area contributed by atoms with Crippen molar-refractivity contribution in [1.82, 2.24) is 15.1 Å². The zero-order valence-electron chi connectivity index (χ0n) is 13.8. The van der Waals surface area contributed by atoms with Gasteiger partial charge in [0.05, 0.1) is 13.2 Å². The predicted octanol–water partition coefficient (Wildman–Crippen LogP) is 2.07. The Morgan fingerprint density at radius 1 is 1.09 bits per heavy atom. The van der Waals surface area contributed by atoms with E-state index in [-0.39, 0.29) is 6.03 Å². The van der Waals surface area contributed by atoms with Gasteiger partial charge in [-0.2, -0.15) is 0 Å². The molecule has 2 aliphatic carbocycles. The van der Waals surface area contributed by atoms with Crippen LogP contribution in [0.25, 0.3) is 0 Å². The largest absolute Gasteiger partial charge is 0.379 e. The average Bonchev–Trinajstić information content (AvgIpc) is 3.38. The van der Waals surface area contributed by atoms with Crippen LogP contribution < -0.4 is 5.32 Å². The monoisotopic (exact) mass is 309 g/mol. The second-order valence-corrected chi connectivity index (χ2v) is 7.07. The normalized spacial score (nSPS) is 24.2. The molecule has 0 bridgehead atoms. The van der Waals surface area contributed by atoms with Gasteiger partial charge in [-0.05, 0) is 31.6 Å². The Morgan fingerprint density at radius 2 is 1.82 bits per heavy atom. The zero-order chi connectivity index (χ0) is 15.2. The molecule has 2 saturated carbocycles. The van der Waals surface area contributed by atoms with Crippen molar-refractivity contribution in [2.75, 3.05) is 45.9 Å². The average molecular weight is 309 g/mol. The summed E-state index contributed by atoms with van der Waals surface area (Å²) in [5.41, 5.74) is 0. The van der Waals surface area contributed by atoms with Gasteiger partial charge in [-0.3, -0.25) is 4.90 Å². The summed E-state index contributed by atoms with van der Waals surface area (Å²) in [6.45, 7) is 6.31. The van der Waals surface area contributed by atoms with Crippen LogP contribution in [0.3, 0.4) is 0 Å². The van der Waals surface area contributed by atoms with Crippen LogP contribution in [0, 0.1) is 5.92 Å². The van der Waals surface area contributed by atoms with E-state index in [1.165, 1.54) is 44.9 Å². The van der Waals surface area contributed by atoms with Crippen molar-refractivity contribution in [2.45, 2.75) is 51.0 Å². The zero-order valence-corrected chi connectivity index (χ0v) is 13.8. The molecule has 3 fully saturated rings. The molecule has 1 aliphatic heterocycles. The number of urea groups is 1. The number of nitrogens with one attached hydrogen (secondary N) is 1. The van der Waals surface area contributed by atoms with E-state index >= 15 is 0 Å². The Hall–Kier alpha value is -0.810. The summed E-state index contributed by atoms with van der Waals surface area (Å²) in [6, 6.07) is 0.657. The SMILES string of the molecule is O=C(NCCN1CCOCC1)N(CC1CC1)C1CCCCC1. The molecule has 0 radical (unpaired) electrons. The lowest BCUT2D eigenvalue weighted by Crippen LogP contribution is -2.49. The topological polar surface area (TPSA) is 44.8 Å². The molecule has 0 atom stereocenters. The predicted molar refractivity (Wildman–Crippen MR) is 87.0 cm³/mol. The smallest absolute Gasteiger partial charge is 0.317 e. The van der Waals surface area contributed by atoms with Crippen LogP contribution in [0.5, 0.6) is 0 Å². The minimum absolute atomic E-state index is 0.173. The van der Waals surface area contributed by atoms with Gasteiger partial charge >= 0.3 is 6.03 Å². The lowest BCUT2D eigenvalue weighted by molar-refractivity contribution is 0.0384. The standard InChI is InChI=1S/C17H31N3O2/c21-17(18-8-9-19-10-12-22-13-11-19)20(14-15-6-7-15)16-4-2-1-3-5-16/h15-16H,1-14H2,(H,18,21). The number of morpholine rings is 1. The molecule has 0 unspecified atom stereocenters. The fraction of sp³-hybridized carbons (Fsp3) is 0.941. The fourth-order valence-corrected chi connectivity index (χ4v) is 3.62. The molecule has 1 N–H and O–H groups in total. The summed E-state index contributed by atoms with van der Waals surface area (Å²) in [6.07, 6.45) is 8.92.